The predicted octanol–water partition coefficient (Wildman–Crippen LogP) is 5.59. The third-order valence-electron chi connectivity index (χ3n) is 5.89. The number of H-pyrrole nitrogens is 1. The fourth-order valence-corrected chi connectivity index (χ4v) is 4.23. The highest BCUT2D eigenvalue weighted by molar-refractivity contribution is 5.85. The third-order valence-corrected chi connectivity index (χ3v) is 5.89. The van der Waals surface area contributed by atoms with E-state index in [1.165, 1.54) is 0 Å². The van der Waals surface area contributed by atoms with Crippen LogP contribution in [0, 0.1) is 13.8 Å². The molecule has 0 aliphatic rings. The number of nitrogens with zero attached hydrogens (tertiary/aromatic N) is 1. The van der Waals surface area contributed by atoms with E-state index < -0.39 is 5.76 Å². The number of anilines is 1. The SMILES string of the molecule is Cc1cc([C@@H](C)Nc2ccccc2-c2noc(=O)[nH]2)c2oc(-c3ccccc3)c(C)c(=O)c2c1. The lowest BCUT2D eigenvalue weighted by atomic mass is 9.98. The first-order valence-electron chi connectivity index (χ1n) is 11.0. The van der Waals surface area contributed by atoms with Crippen LogP contribution >= 0.6 is 0 Å². The second-order valence-corrected chi connectivity index (χ2v) is 8.34. The van der Waals surface area contributed by atoms with Gasteiger partial charge in [0.05, 0.1) is 11.4 Å². The Kier molecular flexibility index (Phi) is 5.37. The molecule has 0 aliphatic carbocycles. The number of rotatable bonds is 5. The van der Waals surface area contributed by atoms with Crippen LogP contribution in [0.4, 0.5) is 5.69 Å². The van der Waals surface area contributed by atoms with Crippen LogP contribution in [-0.2, 0) is 0 Å². The quantitative estimate of drug-likeness (QED) is 0.360. The minimum Gasteiger partial charge on any atom is -0.455 e. The summed E-state index contributed by atoms with van der Waals surface area (Å²) in [5.41, 5.74) is 5.21. The van der Waals surface area contributed by atoms with E-state index in [1.807, 2.05) is 80.6 Å². The van der Waals surface area contributed by atoms with Crippen molar-refractivity contribution in [2.45, 2.75) is 26.8 Å². The number of para-hydroxylation sites is 1. The van der Waals surface area contributed by atoms with Gasteiger partial charge in [0.25, 0.3) is 0 Å². The smallest absolute Gasteiger partial charge is 0.439 e. The van der Waals surface area contributed by atoms with Crippen LogP contribution in [0.25, 0.3) is 33.7 Å². The van der Waals surface area contributed by atoms with Crippen LogP contribution < -0.4 is 16.5 Å². The first-order valence-corrected chi connectivity index (χ1v) is 11.0. The van der Waals surface area contributed by atoms with Crippen molar-refractivity contribution in [1.29, 1.82) is 0 Å². The Morgan fingerprint density at radius 1 is 0.971 bits per heavy atom. The van der Waals surface area contributed by atoms with Crippen molar-refractivity contribution in [1.82, 2.24) is 10.1 Å². The summed E-state index contributed by atoms with van der Waals surface area (Å²) in [4.78, 5) is 27.4. The zero-order valence-corrected chi connectivity index (χ0v) is 19.0. The van der Waals surface area contributed by atoms with Crippen molar-refractivity contribution in [3.63, 3.8) is 0 Å². The normalized spacial score (nSPS) is 12.1. The topological polar surface area (TPSA) is 101 Å². The predicted molar refractivity (Wildman–Crippen MR) is 132 cm³/mol. The molecule has 2 heterocycles. The summed E-state index contributed by atoms with van der Waals surface area (Å²) in [6.45, 7) is 5.76. The molecule has 1 atom stereocenters. The van der Waals surface area contributed by atoms with Crippen LogP contribution in [0.2, 0.25) is 0 Å². The maximum Gasteiger partial charge on any atom is 0.439 e. The van der Waals surface area contributed by atoms with Crippen LogP contribution in [0.5, 0.6) is 0 Å². The Hall–Kier alpha value is -4.39. The molecule has 5 rings (SSSR count). The van der Waals surface area contributed by atoms with Crippen molar-refractivity contribution >= 4 is 16.7 Å². The summed E-state index contributed by atoms with van der Waals surface area (Å²) in [6, 6.07) is 20.8. The van der Waals surface area contributed by atoms with Crippen molar-refractivity contribution in [2.24, 2.45) is 0 Å². The van der Waals surface area contributed by atoms with E-state index in [1.54, 1.807) is 6.92 Å². The van der Waals surface area contributed by atoms with E-state index in [0.29, 0.717) is 33.7 Å². The van der Waals surface area contributed by atoms with Gasteiger partial charge in [0.2, 0.25) is 0 Å². The highest BCUT2D eigenvalue weighted by Gasteiger charge is 2.20. The lowest BCUT2D eigenvalue weighted by Gasteiger charge is -2.20. The lowest BCUT2D eigenvalue weighted by Crippen LogP contribution is -2.13. The fraction of sp³-hybridized carbons (Fsp3) is 0.148. The molecule has 0 fully saturated rings. The Morgan fingerprint density at radius 3 is 2.44 bits per heavy atom. The van der Waals surface area contributed by atoms with Crippen molar-refractivity contribution < 1.29 is 8.94 Å². The number of aryl methyl sites for hydroxylation is 1. The van der Waals surface area contributed by atoms with Gasteiger partial charge in [-0.3, -0.25) is 14.3 Å². The molecule has 7 heteroatoms. The van der Waals surface area contributed by atoms with Gasteiger partial charge in [-0.1, -0.05) is 53.7 Å². The van der Waals surface area contributed by atoms with Crippen molar-refractivity contribution in [2.75, 3.05) is 5.32 Å². The molecule has 7 nitrogen and oxygen atoms in total. The maximum atomic E-state index is 13.3. The number of aromatic amines is 1. The maximum absolute atomic E-state index is 13.3. The molecule has 0 saturated heterocycles. The molecule has 34 heavy (non-hydrogen) atoms. The minimum absolute atomic E-state index is 0.0437. The molecule has 2 N–H and O–H groups in total. The van der Waals surface area contributed by atoms with Crippen LogP contribution in [0.15, 0.2) is 85.3 Å². The molecule has 3 aromatic carbocycles. The van der Waals surface area contributed by atoms with E-state index in [0.717, 1.165) is 22.4 Å². The van der Waals surface area contributed by atoms with Gasteiger partial charge in [-0.25, -0.2) is 4.79 Å². The molecule has 0 aliphatic heterocycles. The van der Waals surface area contributed by atoms with Crippen molar-refractivity contribution in [3.05, 3.63) is 104 Å². The largest absolute Gasteiger partial charge is 0.455 e. The number of fused-ring (bicyclic) bond motifs is 1. The first-order chi connectivity index (χ1) is 16.4. The molecule has 0 radical (unpaired) electrons. The molecule has 2 aromatic heterocycles. The summed E-state index contributed by atoms with van der Waals surface area (Å²) < 4.78 is 11.1. The van der Waals surface area contributed by atoms with Gasteiger partial charge >= 0.3 is 5.76 Å². The number of hydrogen-bond donors (Lipinski definition) is 2. The van der Waals surface area contributed by atoms with Crippen LogP contribution in [0.3, 0.4) is 0 Å². The van der Waals surface area contributed by atoms with Gasteiger partial charge in [0.1, 0.15) is 11.3 Å². The summed E-state index contributed by atoms with van der Waals surface area (Å²) in [7, 11) is 0. The standard InChI is InChI=1S/C27H23N3O4/c1-15-13-20(17(3)28-22-12-8-7-11-19(22)26-29-27(32)34-30-26)25-21(14-15)23(31)16(2)24(33-25)18-9-5-4-6-10-18/h4-14,17,28H,1-3H3,(H,29,30,32)/t17-/m1/s1. The van der Waals surface area contributed by atoms with Gasteiger partial charge < -0.3 is 9.73 Å². The average molecular weight is 453 g/mol. The second-order valence-electron chi connectivity index (χ2n) is 8.34. The number of benzene rings is 3. The molecule has 0 bridgehead atoms. The monoisotopic (exact) mass is 453 g/mol. The summed E-state index contributed by atoms with van der Waals surface area (Å²) in [5.74, 6) is 0.284. The molecule has 0 amide bonds. The van der Waals surface area contributed by atoms with E-state index in [4.69, 9.17) is 4.42 Å². The zero-order chi connectivity index (χ0) is 23.8. The third kappa shape index (κ3) is 3.81. The Labute approximate surface area is 195 Å². The van der Waals surface area contributed by atoms with Gasteiger partial charge in [0.15, 0.2) is 11.3 Å². The number of hydrogen-bond acceptors (Lipinski definition) is 6. The molecule has 0 spiro atoms. The molecular weight excluding hydrogens is 430 g/mol. The molecule has 5 aromatic rings. The van der Waals surface area contributed by atoms with Crippen molar-refractivity contribution in [3.8, 4) is 22.7 Å². The number of aromatic nitrogens is 2. The average Bonchev–Trinajstić information content (AvgIpc) is 3.28. The highest BCUT2D eigenvalue weighted by atomic mass is 16.5. The Balaban J connectivity index is 1.64. The van der Waals surface area contributed by atoms with Gasteiger partial charge in [-0.05, 0) is 44.5 Å². The first kappa shape index (κ1) is 21.5. The van der Waals surface area contributed by atoms with E-state index >= 15 is 0 Å². The molecular formula is C27H23N3O4. The summed E-state index contributed by atoms with van der Waals surface area (Å²) >= 11 is 0. The van der Waals surface area contributed by atoms with Gasteiger partial charge in [-0.15, -0.1) is 0 Å². The summed E-state index contributed by atoms with van der Waals surface area (Å²) in [6.07, 6.45) is 0. The highest BCUT2D eigenvalue weighted by Crippen LogP contribution is 2.33. The second kappa shape index (κ2) is 8.51. The van der Waals surface area contributed by atoms with E-state index in [9.17, 15) is 9.59 Å². The van der Waals surface area contributed by atoms with Gasteiger partial charge in [0, 0.05) is 27.9 Å². The Bertz CT molecular complexity index is 1610. The Morgan fingerprint density at radius 2 is 1.71 bits per heavy atom. The summed E-state index contributed by atoms with van der Waals surface area (Å²) in [5, 5.41) is 7.85. The molecule has 0 unspecified atom stereocenters. The lowest BCUT2D eigenvalue weighted by molar-refractivity contribution is 0.388. The van der Waals surface area contributed by atoms with E-state index in [-0.39, 0.29) is 11.5 Å². The van der Waals surface area contributed by atoms with Crippen LogP contribution in [-0.4, -0.2) is 10.1 Å². The van der Waals surface area contributed by atoms with Gasteiger partial charge in [-0.2, -0.15) is 0 Å². The minimum atomic E-state index is -0.617. The number of nitrogens with one attached hydrogen (secondary N) is 2. The zero-order valence-electron chi connectivity index (χ0n) is 19.0. The molecule has 170 valence electrons. The molecule has 0 saturated carbocycles. The van der Waals surface area contributed by atoms with Crippen LogP contribution in [0.1, 0.15) is 29.7 Å². The fourth-order valence-electron chi connectivity index (χ4n) is 4.23. The van der Waals surface area contributed by atoms with E-state index in [2.05, 4.69) is 20.0 Å².